The summed E-state index contributed by atoms with van der Waals surface area (Å²) in [4.78, 5) is 7.37. The van der Waals surface area contributed by atoms with Gasteiger partial charge in [-0.25, -0.2) is 18.4 Å². The van der Waals surface area contributed by atoms with Crippen LogP contribution in [0, 0.1) is 0 Å². The number of nitrogens with one attached hydrogen (secondary N) is 2. The van der Waals surface area contributed by atoms with Crippen LogP contribution in [-0.2, 0) is 10.0 Å². The van der Waals surface area contributed by atoms with Crippen molar-refractivity contribution in [3.63, 3.8) is 0 Å². The summed E-state index contributed by atoms with van der Waals surface area (Å²) in [7, 11) is -3.68. The van der Waals surface area contributed by atoms with Gasteiger partial charge in [0.2, 0.25) is 0 Å². The van der Waals surface area contributed by atoms with E-state index in [1.165, 1.54) is 18.5 Å². The maximum atomic E-state index is 11.7. The van der Waals surface area contributed by atoms with E-state index in [2.05, 4.69) is 24.9 Å². The van der Waals surface area contributed by atoms with E-state index in [1.54, 1.807) is 0 Å². The lowest BCUT2D eigenvalue weighted by molar-refractivity contribution is 0.601. The van der Waals surface area contributed by atoms with Crippen molar-refractivity contribution in [2.45, 2.75) is 4.90 Å². The first-order valence-corrected chi connectivity index (χ1v) is 5.93. The molecule has 0 spiro atoms. The highest BCUT2D eigenvalue weighted by atomic mass is 35.5. The summed E-state index contributed by atoms with van der Waals surface area (Å²) < 4.78 is 25.6. The molecule has 2 heterocycles. The van der Waals surface area contributed by atoms with Crippen molar-refractivity contribution >= 4 is 27.4 Å². The lowest BCUT2D eigenvalue weighted by Gasteiger charge is -2.04. The summed E-state index contributed by atoms with van der Waals surface area (Å²) >= 11 is 5.59. The van der Waals surface area contributed by atoms with Crippen LogP contribution < -0.4 is 4.72 Å². The molecule has 0 fully saturated rings. The van der Waals surface area contributed by atoms with Crippen molar-refractivity contribution in [3.05, 3.63) is 29.9 Å². The van der Waals surface area contributed by atoms with Gasteiger partial charge in [0, 0.05) is 12.3 Å². The normalized spacial score (nSPS) is 11.3. The van der Waals surface area contributed by atoms with Crippen molar-refractivity contribution in [2.75, 3.05) is 4.72 Å². The minimum atomic E-state index is -3.68. The third-order valence-electron chi connectivity index (χ3n) is 1.66. The molecule has 0 aliphatic rings. The first-order chi connectivity index (χ1) is 7.58. The number of rotatable bonds is 3. The predicted octanol–water partition coefficient (Wildman–Crippen LogP) is 0.654. The molecule has 0 amide bonds. The fraction of sp³-hybridized carbons (Fsp3) is 0. The van der Waals surface area contributed by atoms with Crippen LogP contribution in [0.2, 0.25) is 5.15 Å². The van der Waals surface area contributed by atoms with Gasteiger partial charge in [0.1, 0.15) is 22.2 Å². The SMILES string of the molecule is O=S(=O)(Nc1cc(Cl)ncn1)c1cn[nH]c1. The Labute approximate surface area is 95.9 Å². The predicted molar refractivity (Wildman–Crippen MR) is 56.4 cm³/mol. The fourth-order valence-corrected chi connectivity index (χ4v) is 2.02. The maximum Gasteiger partial charge on any atom is 0.266 e. The standard InChI is InChI=1S/C7H6ClN5O2S/c8-6-1-7(10-4-9-6)13-16(14,15)5-2-11-12-3-5/h1-4H,(H,11,12)(H,9,10,13). The Kier molecular flexibility index (Phi) is 2.75. The van der Waals surface area contributed by atoms with Crippen molar-refractivity contribution in [1.82, 2.24) is 20.2 Å². The third kappa shape index (κ3) is 2.28. The molecule has 0 saturated carbocycles. The Morgan fingerprint density at radius 1 is 1.38 bits per heavy atom. The second-order valence-corrected chi connectivity index (χ2v) is 4.84. The molecule has 0 bridgehead atoms. The van der Waals surface area contributed by atoms with E-state index >= 15 is 0 Å². The zero-order chi connectivity index (χ0) is 11.6. The number of sulfonamides is 1. The molecule has 2 aromatic rings. The van der Waals surface area contributed by atoms with Crippen LogP contribution >= 0.6 is 11.6 Å². The Morgan fingerprint density at radius 3 is 2.81 bits per heavy atom. The Bertz CT molecular complexity index is 583. The summed E-state index contributed by atoms with van der Waals surface area (Å²) in [5.74, 6) is 0.0983. The van der Waals surface area contributed by atoms with Gasteiger partial charge in [0.25, 0.3) is 10.0 Å². The second kappa shape index (κ2) is 4.06. The zero-order valence-electron chi connectivity index (χ0n) is 7.75. The van der Waals surface area contributed by atoms with Crippen LogP contribution in [0.25, 0.3) is 0 Å². The third-order valence-corrected chi connectivity index (χ3v) is 3.18. The number of aromatic amines is 1. The van der Waals surface area contributed by atoms with Crippen LogP contribution in [0.15, 0.2) is 29.7 Å². The number of anilines is 1. The Balaban J connectivity index is 2.29. The first kappa shape index (κ1) is 10.8. The molecule has 0 radical (unpaired) electrons. The summed E-state index contributed by atoms with van der Waals surface area (Å²) in [5, 5.41) is 6.10. The molecular weight excluding hydrogens is 254 g/mol. The van der Waals surface area contributed by atoms with E-state index in [1.807, 2.05) is 0 Å². The first-order valence-electron chi connectivity index (χ1n) is 4.07. The minimum absolute atomic E-state index is 0.0160. The topological polar surface area (TPSA) is 101 Å². The number of hydrogen-bond donors (Lipinski definition) is 2. The van der Waals surface area contributed by atoms with Crippen molar-refractivity contribution in [1.29, 1.82) is 0 Å². The molecular formula is C7H6ClN5O2S. The monoisotopic (exact) mass is 259 g/mol. The molecule has 2 aromatic heterocycles. The molecule has 0 aliphatic carbocycles. The lowest BCUT2D eigenvalue weighted by Crippen LogP contribution is -2.13. The minimum Gasteiger partial charge on any atom is -0.284 e. The molecule has 0 unspecified atom stereocenters. The Hall–Kier alpha value is -1.67. The van der Waals surface area contributed by atoms with Crippen LogP contribution in [0.1, 0.15) is 0 Å². The molecule has 2 N–H and O–H groups in total. The molecule has 2 rings (SSSR count). The average Bonchev–Trinajstić information content (AvgIpc) is 2.69. The van der Waals surface area contributed by atoms with E-state index in [-0.39, 0.29) is 15.9 Å². The molecule has 0 aromatic carbocycles. The van der Waals surface area contributed by atoms with Crippen LogP contribution in [0.4, 0.5) is 5.82 Å². The molecule has 0 aliphatic heterocycles. The molecule has 0 saturated heterocycles. The summed E-state index contributed by atoms with van der Waals surface area (Å²) in [6.07, 6.45) is 3.60. The van der Waals surface area contributed by atoms with E-state index < -0.39 is 10.0 Å². The van der Waals surface area contributed by atoms with Gasteiger partial charge < -0.3 is 0 Å². The van der Waals surface area contributed by atoms with E-state index in [4.69, 9.17) is 11.6 Å². The smallest absolute Gasteiger partial charge is 0.266 e. The van der Waals surface area contributed by atoms with Gasteiger partial charge in [0.15, 0.2) is 0 Å². The van der Waals surface area contributed by atoms with Crippen LogP contribution in [0.5, 0.6) is 0 Å². The zero-order valence-corrected chi connectivity index (χ0v) is 9.33. The van der Waals surface area contributed by atoms with E-state index in [0.29, 0.717) is 0 Å². The number of H-pyrrole nitrogens is 1. The highest BCUT2D eigenvalue weighted by Crippen LogP contribution is 2.14. The van der Waals surface area contributed by atoms with Crippen LogP contribution in [0.3, 0.4) is 0 Å². The van der Waals surface area contributed by atoms with Gasteiger partial charge in [-0.3, -0.25) is 9.82 Å². The van der Waals surface area contributed by atoms with Gasteiger partial charge in [0.05, 0.1) is 6.20 Å². The van der Waals surface area contributed by atoms with Gasteiger partial charge in [-0.05, 0) is 0 Å². The highest BCUT2D eigenvalue weighted by molar-refractivity contribution is 7.92. The highest BCUT2D eigenvalue weighted by Gasteiger charge is 2.15. The molecule has 9 heteroatoms. The summed E-state index contributed by atoms with van der Waals surface area (Å²) in [5.41, 5.74) is 0. The van der Waals surface area contributed by atoms with E-state index in [9.17, 15) is 8.42 Å². The molecule has 0 atom stereocenters. The second-order valence-electron chi connectivity index (χ2n) is 2.77. The number of halogens is 1. The largest absolute Gasteiger partial charge is 0.284 e. The number of hydrogen-bond acceptors (Lipinski definition) is 5. The summed E-state index contributed by atoms with van der Waals surface area (Å²) in [6.45, 7) is 0. The quantitative estimate of drug-likeness (QED) is 0.789. The van der Waals surface area contributed by atoms with Gasteiger partial charge in [-0.2, -0.15) is 5.10 Å². The van der Waals surface area contributed by atoms with Crippen molar-refractivity contribution in [2.24, 2.45) is 0 Å². The van der Waals surface area contributed by atoms with Crippen molar-refractivity contribution < 1.29 is 8.42 Å². The van der Waals surface area contributed by atoms with E-state index in [0.717, 1.165) is 6.33 Å². The maximum absolute atomic E-state index is 11.7. The van der Waals surface area contributed by atoms with Crippen LogP contribution in [-0.4, -0.2) is 28.6 Å². The van der Waals surface area contributed by atoms with Gasteiger partial charge in [-0.15, -0.1) is 0 Å². The van der Waals surface area contributed by atoms with Gasteiger partial charge >= 0.3 is 0 Å². The summed E-state index contributed by atoms with van der Waals surface area (Å²) in [6, 6.07) is 1.30. The molecule has 16 heavy (non-hydrogen) atoms. The molecule has 7 nitrogen and oxygen atoms in total. The average molecular weight is 260 g/mol. The molecule has 84 valence electrons. The number of nitrogens with zero attached hydrogens (tertiary/aromatic N) is 3. The van der Waals surface area contributed by atoms with Gasteiger partial charge in [-0.1, -0.05) is 11.6 Å². The van der Waals surface area contributed by atoms with Crippen molar-refractivity contribution in [3.8, 4) is 0 Å². The lowest BCUT2D eigenvalue weighted by atomic mass is 10.6. The number of aromatic nitrogens is 4. The Morgan fingerprint density at radius 2 is 2.19 bits per heavy atom. The fourth-order valence-electron chi connectivity index (χ4n) is 0.972.